The highest BCUT2D eigenvalue weighted by Crippen LogP contribution is 2.30. The van der Waals surface area contributed by atoms with Gasteiger partial charge in [-0.15, -0.1) is 6.58 Å². The molecule has 0 bridgehead atoms. The predicted octanol–water partition coefficient (Wildman–Crippen LogP) is 2.31. The smallest absolute Gasteiger partial charge is 0.0551 e. The third-order valence-electron chi connectivity index (χ3n) is 4.01. The van der Waals surface area contributed by atoms with Crippen molar-refractivity contribution in [2.45, 2.75) is 6.04 Å². The summed E-state index contributed by atoms with van der Waals surface area (Å²) in [6.07, 6.45) is 4.33. The van der Waals surface area contributed by atoms with Crippen molar-refractivity contribution in [3.05, 3.63) is 48.7 Å². The van der Waals surface area contributed by atoms with Gasteiger partial charge in [0.2, 0.25) is 0 Å². The van der Waals surface area contributed by atoms with Crippen molar-refractivity contribution >= 4 is 10.9 Å². The zero-order valence-electron chi connectivity index (χ0n) is 11.5. The maximum Gasteiger partial charge on any atom is 0.0551 e. The van der Waals surface area contributed by atoms with Gasteiger partial charge in [-0.2, -0.15) is 0 Å². The number of rotatable bonds is 3. The molecule has 0 aliphatic carbocycles. The van der Waals surface area contributed by atoms with Gasteiger partial charge in [0.15, 0.2) is 0 Å². The number of piperazine rings is 1. The van der Waals surface area contributed by atoms with Gasteiger partial charge in [0.1, 0.15) is 0 Å². The van der Waals surface area contributed by atoms with Crippen molar-refractivity contribution in [2.75, 3.05) is 26.2 Å². The molecule has 2 aromatic rings. The first kappa shape index (κ1) is 12.5. The summed E-state index contributed by atoms with van der Waals surface area (Å²) in [4.78, 5) is 2.51. The molecule has 1 saturated heterocycles. The van der Waals surface area contributed by atoms with Gasteiger partial charge in [0.25, 0.3) is 0 Å². The number of nitrogens with one attached hydrogen (secondary N) is 1. The molecule has 1 atom stereocenters. The minimum absolute atomic E-state index is 0.313. The van der Waals surface area contributed by atoms with Gasteiger partial charge in [-0.25, -0.2) is 0 Å². The van der Waals surface area contributed by atoms with Crippen LogP contribution in [-0.4, -0.2) is 35.6 Å². The molecule has 1 fully saturated rings. The zero-order valence-corrected chi connectivity index (χ0v) is 11.5. The van der Waals surface area contributed by atoms with Crippen LogP contribution >= 0.6 is 0 Å². The van der Waals surface area contributed by atoms with Crippen LogP contribution in [0.25, 0.3) is 10.9 Å². The molecule has 3 rings (SSSR count). The lowest BCUT2D eigenvalue weighted by Gasteiger charge is -2.33. The van der Waals surface area contributed by atoms with E-state index in [-0.39, 0.29) is 0 Å². The van der Waals surface area contributed by atoms with Crippen LogP contribution in [0, 0.1) is 0 Å². The Kier molecular flexibility index (Phi) is 3.40. The topological polar surface area (TPSA) is 20.2 Å². The summed E-state index contributed by atoms with van der Waals surface area (Å²) in [6.45, 7) is 8.35. The summed E-state index contributed by atoms with van der Waals surface area (Å²) in [7, 11) is 2.11. The maximum absolute atomic E-state index is 4.06. The Morgan fingerprint density at radius 3 is 2.74 bits per heavy atom. The summed E-state index contributed by atoms with van der Waals surface area (Å²) >= 11 is 0. The van der Waals surface area contributed by atoms with E-state index >= 15 is 0 Å². The molecular weight excluding hydrogens is 234 g/mol. The summed E-state index contributed by atoms with van der Waals surface area (Å²) < 4.78 is 2.21. The Morgan fingerprint density at radius 1 is 1.26 bits per heavy atom. The van der Waals surface area contributed by atoms with E-state index in [1.165, 1.54) is 16.5 Å². The molecule has 0 radical (unpaired) electrons. The number of nitrogens with zero attached hydrogens (tertiary/aromatic N) is 2. The van der Waals surface area contributed by atoms with Crippen LogP contribution in [0.4, 0.5) is 0 Å². The number of aromatic nitrogens is 1. The van der Waals surface area contributed by atoms with Crippen molar-refractivity contribution in [1.82, 2.24) is 14.8 Å². The van der Waals surface area contributed by atoms with E-state index in [4.69, 9.17) is 0 Å². The highest BCUT2D eigenvalue weighted by Gasteiger charge is 2.22. The van der Waals surface area contributed by atoms with Gasteiger partial charge in [-0.3, -0.25) is 4.90 Å². The summed E-state index contributed by atoms with van der Waals surface area (Å²) in [5.74, 6) is 0. The monoisotopic (exact) mass is 255 g/mol. The fourth-order valence-corrected chi connectivity index (χ4v) is 3.04. The highest BCUT2D eigenvalue weighted by atomic mass is 15.2. The number of fused-ring (bicyclic) bond motifs is 1. The Bertz CT molecular complexity index is 579. The molecule has 2 heterocycles. The number of hydrogen-bond acceptors (Lipinski definition) is 2. The molecule has 0 amide bonds. The average Bonchev–Trinajstić information content (AvgIpc) is 2.79. The van der Waals surface area contributed by atoms with Crippen molar-refractivity contribution in [1.29, 1.82) is 0 Å². The first-order valence-electron chi connectivity index (χ1n) is 6.92. The second-order valence-corrected chi connectivity index (χ2v) is 5.18. The van der Waals surface area contributed by atoms with E-state index in [0.717, 1.165) is 26.2 Å². The second kappa shape index (κ2) is 5.19. The molecule has 0 spiro atoms. The molecule has 3 heteroatoms. The SMILES string of the molecule is C=C[C@H](c1cn(C)c2ccccc12)N1CCNCC1. The lowest BCUT2D eigenvalue weighted by Crippen LogP contribution is -2.44. The molecular formula is C16H21N3. The maximum atomic E-state index is 4.06. The number of hydrogen-bond donors (Lipinski definition) is 1. The second-order valence-electron chi connectivity index (χ2n) is 5.18. The quantitative estimate of drug-likeness (QED) is 0.849. The molecule has 0 saturated carbocycles. The minimum atomic E-state index is 0.313. The lowest BCUT2D eigenvalue weighted by molar-refractivity contribution is 0.204. The molecule has 0 unspecified atom stereocenters. The summed E-state index contributed by atoms with van der Waals surface area (Å²) in [6, 6.07) is 8.91. The molecule has 1 aromatic heterocycles. The Morgan fingerprint density at radius 2 is 2.00 bits per heavy atom. The van der Waals surface area contributed by atoms with Crippen molar-refractivity contribution < 1.29 is 0 Å². The standard InChI is InChI=1S/C16H21N3/c1-3-15(19-10-8-17-9-11-19)14-12-18(2)16-7-5-4-6-13(14)16/h3-7,12,15,17H,1,8-11H2,2H3/t15-/m1/s1. The molecule has 1 aromatic carbocycles. The van der Waals surface area contributed by atoms with Crippen LogP contribution in [0.1, 0.15) is 11.6 Å². The summed E-state index contributed by atoms with van der Waals surface area (Å²) in [5, 5.41) is 4.75. The first-order valence-corrected chi connectivity index (χ1v) is 6.92. The predicted molar refractivity (Wildman–Crippen MR) is 80.3 cm³/mol. The Hall–Kier alpha value is -1.58. The van der Waals surface area contributed by atoms with Crippen LogP contribution in [-0.2, 0) is 7.05 Å². The van der Waals surface area contributed by atoms with Gasteiger partial charge in [-0.1, -0.05) is 24.3 Å². The largest absolute Gasteiger partial charge is 0.350 e. The van der Waals surface area contributed by atoms with Gasteiger partial charge in [-0.05, 0) is 11.6 Å². The van der Waals surface area contributed by atoms with E-state index < -0.39 is 0 Å². The minimum Gasteiger partial charge on any atom is -0.350 e. The highest BCUT2D eigenvalue weighted by molar-refractivity contribution is 5.84. The van der Waals surface area contributed by atoms with Crippen LogP contribution in [0.2, 0.25) is 0 Å². The lowest BCUT2D eigenvalue weighted by atomic mass is 10.0. The normalized spacial score (nSPS) is 18.6. The first-order chi connectivity index (χ1) is 9.31. The Balaban J connectivity index is 2.03. The molecule has 1 aliphatic rings. The van der Waals surface area contributed by atoms with E-state index in [1.54, 1.807) is 0 Å². The number of para-hydroxylation sites is 1. The molecule has 100 valence electrons. The van der Waals surface area contributed by atoms with Gasteiger partial charge < -0.3 is 9.88 Å². The van der Waals surface area contributed by atoms with Crippen molar-refractivity contribution in [3.63, 3.8) is 0 Å². The van der Waals surface area contributed by atoms with Gasteiger partial charge >= 0.3 is 0 Å². The third kappa shape index (κ3) is 2.20. The van der Waals surface area contributed by atoms with Crippen LogP contribution in [0.3, 0.4) is 0 Å². The van der Waals surface area contributed by atoms with Crippen molar-refractivity contribution in [2.24, 2.45) is 7.05 Å². The third-order valence-corrected chi connectivity index (χ3v) is 4.01. The fraction of sp³-hybridized carbons (Fsp3) is 0.375. The van der Waals surface area contributed by atoms with E-state index in [1.807, 2.05) is 0 Å². The van der Waals surface area contributed by atoms with E-state index in [9.17, 15) is 0 Å². The van der Waals surface area contributed by atoms with Gasteiger partial charge in [0, 0.05) is 50.3 Å². The van der Waals surface area contributed by atoms with Gasteiger partial charge in [0.05, 0.1) is 6.04 Å². The molecule has 1 aliphatic heterocycles. The van der Waals surface area contributed by atoms with E-state index in [2.05, 4.69) is 64.9 Å². The molecule has 3 nitrogen and oxygen atoms in total. The van der Waals surface area contributed by atoms with Crippen molar-refractivity contribution in [3.8, 4) is 0 Å². The van der Waals surface area contributed by atoms with Crippen LogP contribution < -0.4 is 5.32 Å². The van der Waals surface area contributed by atoms with Crippen LogP contribution in [0.15, 0.2) is 43.1 Å². The Labute approximate surface area is 114 Å². The zero-order chi connectivity index (χ0) is 13.2. The number of benzene rings is 1. The fourth-order valence-electron chi connectivity index (χ4n) is 3.04. The summed E-state index contributed by atoms with van der Waals surface area (Å²) in [5.41, 5.74) is 2.66. The average molecular weight is 255 g/mol. The van der Waals surface area contributed by atoms with E-state index in [0.29, 0.717) is 6.04 Å². The molecule has 19 heavy (non-hydrogen) atoms. The number of aryl methyl sites for hydroxylation is 1. The molecule has 1 N–H and O–H groups in total. The van der Waals surface area contributed by atoms with Crippen LogP contribution in [0.5, 0.6) is 0 Å².